The van der Waals surface area contributed by atoms with Crippen molar-refractivity contribution < 1.29 is 13.2 Å². The summed E-state index contributed by atoms with van der Waals surface area (Å²) in [5.74, 6) is 0. The van der Waals surface area contributed by atoms with E-state index in [2.05, 4.69) is 4.98 Å². The summed E-state index contributed by atoms with van der Waals surface area (Å²) in [6.07, 6.45) is -0.198. The highest BCUT2D eigenvalue weighted by atomic mass is 32.2. The Morgan fingerprint density at radius 1 is 1.26 bits per heavy atom. The highest BCUT2D eigenvalue weighted by molar-refractivity contribution is 7.89. The van der Waals surface area contributed by atoms with E-state index in [0.29, 0.717) is 18.0 Å². The zero-order valence-electron chi connectivity index (χ0n) is 13.4. The first-order valence-electron chi connectivity index (χ1n) is 7.54. The summed E-state index contributed by atoms with van der Waals surface area (Å²) in [7, 11) is -3.52. The molecule has 7 heteroatoms. The van der Waals surface area contributed by atoms with Crippen molar-refractivity contribution >= 4 is 21.4 Å². The summed E-state index contributed by atoms with van der Waals surface area (Å²) in [5.41, 5.74) is 1.64. The molecular formula is C16H20N2O3S2. The Bertz CT molecular complexity index is 791. The number of nitrogens with zero attached hydrogens (tertiary/aromatic N) is 2. The molecule has 2 atom stereocenters. The molecule has 1 aliphatic heterocycles. The van der Waals surface area contributed by atoms with E-state index in [1.165, 1.54) is 4.31 Å². The van der Waals surface area contributed by atoms with Crippen LogP contribution in [0.25, 0.3) is 11.3 Å². The van der Waals surface area contributed by atoms with Gasteiger partial charge in [-0.15, -0.1) is 11.3 Å². The van der Waals surface area contributed by atoms with E-state index in [1.54, 1.807) is 29.5 Å². The molecule has 2 heterocycles. The minimum atomic E-state index is -3.52. The second-order valence-electron chi connectivity index (χ2n) is 5.86. The summed E-state index contributed by atoms with van der Waals surface area (Å²) >= 11 is 1.55. The van der Waals surface area contributed by atoms with Gasteiger partial charge in [0.05, 0.1) is 27.8 Å². The molecule has 5 nitrogen and oxygen atoms in total. The molecule has 124 valence electrons. The first-order chi connectivity index (χ1) is 10.9. The van der Waals surface area contributed by atoms with Crippen molar-refractivity contribution in [2.45, 2.75) is 37.9 Å². The van der Waals surface area contributed by atoms with Crippen LogP contribution in [-0.4, -0.2) is 43.0 Å². The number of thiazole rings is 1. The average Bonchev–Trinajstić information content (AvgIpc) is 2.93. The molecule has 1 saturated heterocycles. The van der Waals surface area contributed by atoms with Crippen LogP contribution < -0.4 is 0 Å². The van der Waals surface area contributed by atoms with Gasteiger partial charge in [0, 0.05) is 24.0 Å². The van der Waals surface area contributed by atoms with Gasteiger partial charge in [0.15, 0.2) is 0 Å². The molecule has 1 aliphatic rings. The lowest BCUT2D eigenvalue weighted by Gasteiger charge is -2.34. The van der Waals surface area contributed by atoms with E-state index in [0.717, 1.165) is 16.3 Å². The Labute approximate surface area is 141 Å². The summed E-state index contributed by atoms with van der Waals surface area (Å²) in [5, 5.41) is 2.91. The van der Waals surface area contributed by atoms with E-state index in [4.69, 9.17) is 4.74 Å². The Morgan fingerprint density at radius 2 is 1.96 bits per heavy atom. The van der Waals surface area contributed by atoms with Crippen LogP contribution in [0.5, 0.6) is 0 Å². The van der Waals surface area contributed by atoms with Crippen molar-refractivity contribution in [2.75, 3.05) is 13.1 Å². The molecule has 0 unspecified atom stereocenters. The Hall–Kier alpha value is -1.28. The molecule has 1 fully saturated rings. The predicted octanol–water partition coefficient (Wildman–Crippen LogP) is 2.92. The summed E-state index contributed by atoms with van der Waals surface area (Å²) in [6, 6.07) is 7.00. The highest BCUT2D eigenvalue weighted by Gasteiger charge is 2.32. The summed E-state index contributed by atoms with van der Waals surface area (Å²) in [4.78, 5) is 4.74. The normalized spacial score (nSPS) is 23.1. The smallest absolute Gasteiger partial charge is 0.243 e. The van der Waals surface area contributed by atoms with Crippen LogP contribution in [0.4, 0.5) is 0 Å². The predicted molar refractivity (Wildman–Crippen MR) is 91.1 cm³/mol. The van der Waals surface area contributed by atoms with Crippen LogP contribution in [0, 0.1) is 6.92 Å². The number of sulfonamides is 1. The minimum Gasteiger partial charge on any atom is -0.373 e. The summed E-state index contributed by atoms with van der Waals surface area (Å²) in [6.45, 7) is 6.49. The first-order valence-corrected chi connectivity index (χ1v) is 9.86. The maximum Gasteiger partial charge on any atom is 0.243 e. The first kappa shape index (κ1) is 16.6. The van der Waals surface area contributed by atoms with Gasteiger partial charge in [0.1, 0.15) is 0 Å². The topological polar surface area (TPSA) is 59.5 Å². The number of hydrogen-bond acceptors (Lipinski definition) is 5. The third kappa shape index (κ3) is 3.47. The lowest BCUT2D eigenvalue weighted by molar-refractivity contribution is -0.0440. The van der Waals surface area contributed by atoms with Gasteiger partial charge < -0.3 is 4.74 Å². The molecule has 0 N–H and O–H groups in total. The maximum atomic E-state index is 12.9. The third-order valence-corrected chi connectivity index (χ3v) is 6.37. The summed E-state index contributed by atoms with van der Waals surface area (Å²) < 4.78 is 33.0. The fourth-order valence-corrected chi connectivity index (χ4v) is 5.05. The largest absolute Gasteiger partial charge is 0.373 e. The zero-order chi connectivity index (χ0) is 16.6. The molecular weight excluding hydrogens is 332 g/mol. The highest BCUT2D eigenvalue weighted by Crippen LogP contribution is 2.27. The van der Waals surface area contributed by atoms with Gasteiger partial charge >= 0.3 is 0 Å². The zero-order valence-corrected chi connectivity index (χ0v) is 15.0. The number of rotatable bonds is 3. The minimum absolute atomic E-state index is 0.0992. The number of morpholine rings is 1. The average molecular weight is 352 g/mol. The molecule has 23 heavy (non-hydrogen) atoms. The van der Waals surface area contributed by atoms with Crippen LogP contribution >= 0.6 is 11.3 Å². The lowest BCUT2D eigenvalue weighted by Crippen LogP contribution is -2.48. The van der Waals surface area contributed by atoms with Gasteiger partial charge in [0.2, 0.25) is 10.0 Å². The van der Waals surface area contributed by atoms with Crippen molar-refractivity contribution in [1.29, 1.82) is 0 Å². The van der Waals surface area contributed by atoms with Gasteiger partial charge in [0.25, 0.3) is 0 Å². The fourth-order valence-electron chi connectivity index (χ4n) is 2.79. The van der Waals surface area contributed by atoms with Gasteiger partial charge in [-0.25, -0.2) is 13.4 Å². The number of hydrogen-bond donors (Lipinski definition) is 0. The van der Waals surface area contributed by atoms with Crippen molar-refractivity contribution in [3.05, 3.63) is 34.7 Å². The van der Waals surface area contributed by atoms with Crippen LogP contribution in [0.1, 0.15) is 18.9 Å². The third-order valence-electron chi connectivity index (χ3n) is 3.77. The Balaban J connectivity index is 1.94. The van der Waals surface area contributed by atoms with Crippen LogP contribution in [0.3, 0.4) is 0 Å². The molecule has 0 spiro atoms. The second-order valence-corrected chi connectivity index (χ2v) is 8.86. The van der Waals surface area contributed by atoms with Gasteiger partial charge in [-0.2, -0.15) is 4.31 Å². The van der Waals surface area contributed by atoms with E-state index >= 15 is 0 Å². The number of aryl methyl sites for hydroxylation is 1. The standard InChI is InChI=1S/C16H20N2O3S2/c1-11-8-18(9-12(2)21-11)23(19,20)15-6-4-5-14(7-15)16-10-22-13(3)17-16/h4-7,10-12H,8-9H2,1-3H3/t11-,12+. The van der Waals surface area contributed by atoms with Gasteiger partial charge in [-0.05, 0) is 32.9 Å². The Kier molecular flexibility index (Phi) is 4.55. The van der Waals surface area contributed by atoms with Crippen molar-refractivity contribution in [3.8, 4) is 11.3 Å². The van der Waals surface area contributed by atoms with Crippen molar-refractivity contribution in [2.24, 2.45) is 0 Å². The van der Waals surface area contributed by atoms with Crippen molar-refractivity contribution in [3.63, 3.8) is 0 Å². The van der Waals surface area contributed by atoms with E-state index in [9.17, 15) is 8.42 Å². The van der Waals surface area contributed by atoms with Gasteiger partial charge in [-0.3, -0.25) is 0 Å². The maximum absolute atomic E-state index is 12.9. The molecule has 2 aromatic rings. The lowest BCUT2D eigenvalue weighted by atomic mass is 10.2. The number of aromatic nitrogens is 1. The fraction of sp³-hybridized carbons (Fsp3) is 0.438. The molecule has 0 saturated carbocycles. The van der Waals surface area contributed by atoms with Crippen LogP contribution in [-0.2, 0) is 14.8 Å². The molecule has 0 bridgehead atoms. The molecule has 0 radical (unpaired) electrons. The van der Waals surface area contributed by atoms with E-state index < -0.39 is 10.0 Å². The molecule has 0 amide bonds. The quantitative estimate of drug-likeness (QED) is 0.852. The van der Waals surface area contributed by atoms with Crippen molar-refractivity contribution in [1.82, 2.24) is 9.29 Å². The monoisotopic (exact) mass is 352 g/mol. The van der Waals surface area contributed by atoms with Gasteiger partial charge in [-0.1, -0.05) is 12.1 Å². The number of ether oxygens (including phenoxy) is 1. The van der Waals surface area contributed by atoms with E-state index in [1.807, 2.05) is 32.2 Å². The SMILES string of the molecule is Cc1nc(-c2cccc(S(=O)(=O)N3C[C@@H](C)O[C@@H](C)C3)c2)cs1. The Morgan fingerprint density at radius 3 is 2.57 bits per heavy atom. The van der Waals surface area contributed by atoms with Crippen LogP contribution in [0.2, 0.25) is 0 Å². The molecule has 1 aromatic heterocycles. The second kappa shape index (κ2) is 6.32. The number of benzene rings is 1. The van der Waals surface area contributed by atoms with Crippen LogP contribution in [0.15, 0.2) is 34.5 Å². The van der Waals surface area contributed by atoms with E-state index in [-0.39, 0.29) is 12.2 Å². The molecule has 3 rings (SSSR count). The molecule has 0 aliphatic carbocycles. The molecule has 1 aromatic carbocycles.